The van der Waals surface area contributed by atoms with E-state index in [1.165, 1.54) is 17.0 Å². The van der Waals surface area contributed by atoms with Crippen molar-refractivity contribution in [1.29, 1.82) is 0 Å². The van der Waals surface area contributed by atoms with E-state index in [0.29, 0.717) is 36.0 Å². The number of ether oxygens (including phenoxy) is 2. The predicted molar refractivity (Wildman–Crippen MR) is 146 cm³/mol. The van der Waals surface area contributed by atoms with Gasteiger partial charge in [-0.05, 0) is 72.6 Å². The smallest absolute Gasteiger partial charge is 0.295 e. The second kappa shape index (κ2) is 10.1. The molecule has 1 unspecified atom stereocenters. The van der Waals surface area contributed by atoms with Crippen molar-refractivity contribution >= 4 is 22.6 Å². The highest BCUT2D eigenvalue weighted by Gasteiger charge is 2.43. The number of amides is 1. The molecular formula is C32H24FNO5. The zero-order chi connectivity index (χ0) is 26.9. The van der Waals surface area contributed by atoms with E-state index in [9.17, 15) is 14.0 Å². The molecule has 39 heavy (non-hydrogen) atoms. The van der Waals surface area contributed by atoms with Gasteiger partial charge in [0.15, 0.2) is 5.43 Å². The van der Waals surface area contributed by atoms with Crippen molar-refractivity contribution in [1.82, 2.24) is 0 Å². The normalized spacial score (nSPS) is 14.5. The first-order chi connectivity index (χ1) is 19.0. The minimum absolute atomic E-state index is 0.0615. The van der Waals surface area contributed by atoms with Crippen molar-refractivity contribution in [3.05, 3.63) is 136 Å². The molecule has 7 heteroatoms. The Morgan fingerprint density at radius 2 is 1.64 bits per heavy atom. The first-order valence-corrected chi connectivity index (χ1v) is 12.6. The fourth-order valence-electron chi connectivity index (χ4n) is 4.91. The van der Waals surface area contributed by atoms with Crippen LogP contribution in [-0.2, 0) is 6.61 Å². The summed E-state index contributed by atoms with van der Waals surface area (Å²) in [6.45, 7) is 2.76. The van der Waals surface area contributed by atoms with Crippen molar-refractivity contribution in [2.45, 2.75) is 19.6 Å². The molecule has 4 aromatic carbocycles. The zero-order valence-electron chi connectivity index (χ0n) is 21.1. The number of benzene rings is 4. The van der Waals surface area contributed by atoms with Gasteiger partial charge in [0.1, 0.15) is 29.5 Å². The zero-order valence-corrected chi connectivity index (χ0v) is 21.1. The molecule has 0 saturated heterocycles. The van der Waals surface area contributed by atoms with Crippen molar-refractivity contribution in [3.63, 3.8) is 0 Å². The van der Waals surface area contributed by atoms with E-state index in [-0.39, 0.29) is 22.3 Å². The summed E-state index contributed by atoms with van der Waals surface area (Å²) in [5.74, 6) is 0.163. The largest absolute Gasteiger partial charge is 0.494 e. The Balaban J connectivity index is 1.47. The Morgan fingerprint density at radius 1 is 0.846 bits per heavy atom. The van der Waals surface area contributed by atoms with Crippen molar-refractivity contribution in [2.75, 3.05) is 11.5 Å². The molecule has 6 rings (SSSR count). The van der Waals surface area contributed by atoms with Crippen LogP contribution >= 0.6 is 0 Å². The molecule has 6 nitrogen and oxygen atoms in total. The fraction of sp³-hybridized carbons (Fsp3) is 0.125. The first kappa shape index (κ1) is 24.4. The Hall–Kier alpha value is -4.91. The van der Waals surface area contributed by atoms with Crippen LogP contribution in [0.1, 0.15) is 40.2 Å². The molecule has 0 aliphatic carbocycles. The van der Waals surface area contributed by atoms with E-state index >= 15 is 0 Å². The topological polar surface area (TPSA) is 69.0 Å². The molecule has 0 spiro atoms. The molecule has 1 aliphatic rings. The van der Waals surface area contributed by atoms with Crippen molar-refractivity contribution in [3.8, 4) is 11.5 Å². The summed E-state index contributed by atoms with van der Waals surface area (Å²) in [5.41, 5.74) is 2.09. The van der Waals surface area contributed by atoms with Crippen molar-refractivity contribution in [2.24, 2.45) is 0 Å². The Kier molecular flexibility index (Phi) is 6.32. The number of halogens is 1. The van der Waals surface area contributed by atoms with Gasteiger partial charge in [-0.3, -0.25) is 14.5 Å². The summed E-state index contributed by atoms with van der Waals surface area (Å²) < 4.78 is 31.6. The minimum atomic E-state index is -0.811. The summed E-state index contributed by atoms with van der Waals surface area (Å²) in [6.07, 6.45) is 0. The number of carbonyl (C=O) groups excluding carboxylic acids is 1. The molecule has 1 atom stereocenters. The molecule has 194 valence electrons. The lowest BCUT2D eigenvalue weighted by molar-refractivity contribution is 0.0971. The van der Waals surface area contributed by atoms with Crippen LogP contribution in [0.2, 0.25) is 0 Å². The van der Waals surface area contributed by atoms with Crippen LogP contribution in [0.3, 0.4) is 0 Å². The maximum atomic E-state index is 14.1. The second-order valence-corrected chi connectivity index (χ2v) is 9.17. The lowest BCUT2D eigenvalue weighted by Crippen LogP contribution is -2.29. The van der Waals surface area contributed by atoms with Gasteiger partial charge in [-0.2, -0.15) is 0 Å². The van der Waals surface area contributed by atoms with Gasteiger partial charge >= 0.3 is 0 Å². The van der Waals surface area contributed by atoms with Gasteiger partial charge in [0.05, 0.1) is 23.6 Å². The molecule has 1 aromatic heterocycles. The summed E-state index contributed by atoms with van der Waals surface area (Å²) in [7, 11) is 0. The maximum absolute atomic E-state index is 14.1. The molecule has 0 radical (unpaired) electrons. The van der Waals surface area contributed by atoms with Crippen molar-refractivity contribution < 1.29 is 23.1 Å². The van der Waals surface area contributed by atoms with Crippen LogP contribution in [0, 0.1) is 5.82 Å². The van der Waals surface area contributed by atoms with Gasteiger partial charge in [0, 0.05) is 5.69 Å². The first-order valence-electron chi connectivity index (χ1n) is 12.6. The van der Waals surface area contributed by atoms with E-state index < -0.39 is 23.2 Å². The molecule has 1 amide bonds. The molecule has 5 aromatic rings. The van der Waals surface area contributed by atoms with E-state index in [2.05, 4.69) is 0 Å². The lowest BCUT2D eigenvalue weighted by Gasteiger charge is -2.25. The fourth-order valence-corrected chi connectivity index (χ4v) is 4.91. The van der Waals surface area contributed by atoms with Gasteiger partial charge < -0.3 is 13.9 Å². The number of carbonyl (C=O) groups is 1. The molecule has 0 bridgehead atoms. The Labute approximate surface area is 223 Å². The highest BCUT2D eigenvalue weighted by atomic mass is 19.1. The third-order valence-corrected chi connectivity index (χ3v) is 6.68. The molecule has 1 aliphatic heterocycles. The highest BCUT2D eigenvalue weighted by Crippen LogP contribution is 2.42. The number of fused-ring (bicyclic) bond motifs is 2. The highest BCUT2D eigenvalue weighted by molar-refractivity contribution is 6.10. The summed E-state index contributed by atoms with van der Waals surface area (Å²) in [4.78, 5) is 29.1. The Morgan fingerprint density at radius 3 is 2.41 bits per heavy atom. The van der Waals surface area contributed by atoms with Crippen LogP contribution in [0.5, 0.6) is 11.5 Å². The van der Waals surface area contributed by atoms with Gasteiger partial charge in [0.2, 0.25) is 5.76 Å². The molecule has 0 N–H and O–H groups in total. The predicted octanol–water partition coefficient (Wildman–Crippen LogP) is 6.66. The van der Waals surface area contributed by atoms with Crippen LogP contribution in [0.15, 0.2) is 106 Å². The quantitative estimate of drug-likeness (QED) is 0.240. The standard InChI is InChI=1S/C32H24FNO5/c1-2-37-24-14-12-23(13-15-24)34-29(21-9-6-10-25(17-21)38-19-20-7-4-3-5-8-20)28-30(35)26-18-22(33)11-16-27(26)39-31(28)32(34)36/h3-18,29H,2,19H2,1H3. The van der Waals surface area contributed by atoms with E-state index in [4.69, 9.17) is 13.9 Å². The van der Waals surface area contributed by atoms with Crippen LogP contribution in [0.4, 0.5) is 10.1 Å². The van der Waals surface area contributed by atoms with Gasteiger partial charge in [-0.15, -0.1) is 0 Å². The third-order valence-electron chi connectivity index (χ3n) is 6.68. The number of hydrogen-bond acceptors (Lipinski definition) is 5. The number of rotatable bonds is 7. The van der Waals surface area contributed by atoms with E-state index in [1.807, 2.05) is 61.5 Å². The average Bonchev–Trinajstić information content (AvgIpc) is 3.26. The molecule has 2 heterocycles. The maximum Gasteiger partial charge on any atom is 0.295 e. The van der Waals surface area contributed by atoms with Gasteiger partial charge in [0.25, 0.3) is 5.91 Å². The number of anilines is 1. The van der Waals surface area contributed by atoms with Gasteiger partial charge in [-0.1, -0.05) is 42.5 Å². The second-order valence-electron chi connectivity index (χ2n) is 9.17. The monoisotopic (exact) mass is 521 g/mol. The SMILES string of the molecule is CCOc1ccc(N2C(=O)c3oc4ccc(F)cc4c(=O)c3C2c2cccc(OCc3ccccc3)c2)cc1. The van der Waals surface area contributed by atoms with Crippen LogP contribution < -0.4 is 19.8 Å². The lowest BCUT2D eigenvalue weighted by atomic mass is 9.98. The summed E-state index contributed by atoms with van der Waals surface area (Å²) in [6, 6.07) is 27.0. The average molecular weight is 522 g/mol. The molecular weight excluding hydrogens is 497 g/mol. The summed E-state index contributed by atoms with van der Waals surface area (Å²) >= 11 is 0. The molecule has 0 saturated carbocycles. The number of hydrogen-bond donors (Lipinski definition) is 0. The Bertz CT molecular complexity index is 1730. The van der Waals surface area contributed by atoms with E-state index in [0.717, 1.165) is 11.6 Å². The summed E-state index contributed by atoms with van der Waals surface area (Å²) in [5, 5.41) is 0.0802. The molecule has 0 fully saturated rings. The van der Waals surface area contributed by atoms with Crippen LogP contribution in [0.25, 0.3) is 11.0 Å². The third kappa shape index (κ3) is 4.52. The van der Waals surface area contributed by atoms with E-state index in [1.54, 1.807) is 24.3 Å². The van der Waals surface area contributed by atoms with Crippen LogP contribution in [-0.4, -0.2) is 12.5 Å². The number of nitrogens with zero attached hydrogens (tertiary/aromatic N) is 1. The van der Waals surface area contributed by atoms with Gasteiger partial charge in [-0.25, -0.2) is 4.39 Å². The minimum Gasteiger partial charge on any atom is -0.494 e.